The van der Waals surface area contributed by atoms with E-state index >= 15 is 0 Å². The van der Waals surface area contributed by atoms with Crippen LogP contribution in [0.3, 0.4) is 0 Å². The first kappa shape index (κ1) is 28.7. The van der Waals surface area contributed by atoms with Crippen LogP contribution >= 0.6 is 23.2 Å². The van der Waals surface area contributed by atoms with Gasteiger partial charge in [-0.3, -0.25) is 13.9 Å². The average Bonchev–Trinajstić information content (AvgIpc) is 2.80. The van der Waals surface area contributed by atoms with Crippen LogP contribution in [0.15, 0.2) is 42.5 Å². The molecule has 1 atom stereocenters. The fourth-order valence-corrected chi connectivity index (χ4v) is 4.58. The van der Waals surface area contributed by atoms with E-state index in [1.165, 1.54) is 24.1 Å². The maximum atomic E-state index is 13.5. The van der Waals surface area contributed by atoms with Gasteiger partial charge in [0.25, 0.3) is 0 Å². The Balaban J connectivity index is 2.43. The van der Waals surface area contributed by atoms with Gasteiger partial charge in [0, 0.05) is 13.1 Å². The molecule has 0 bridgehead atoms. The highest BCUT2D eigenvalue weighted by molar-refractivity contribution is 7.92. The summed E-state index contributed by atoms with van der Waals surface area (Å²) in [5, 5.41) is 2.99. The molecule has 8 nitrogen and oxygen atoms in total. The fourth-order valence-electron chi connectivity index (χ4n) is 3.28. The van der Waals surface area contributed by atoms with E-state index in [0.717, 1.165) is 10.6 Å². The molecule has 0 heterocycles. The number of methoxy groups -OCH3 is 1. The molecule has 2 aromatic carbocycles. The Kier molecular flexibility index (Phi) is 10.2. The molecule has 0 aliphatic rings. The Hall–Kier alpha value is -2.49. The first-order valence-corrected chi connectivity index (χ1v) is 13.6. The topological polar surface area (TPSA) is 96.0 Å². The third-order valence-corrected chi connectivity index (χ3v) is 7.15. The average molecular weight is 545 g/mol. The highest BCUT2D eigenvalue weighted by Crippen LogP contribution is 2.33. The summed E-state index contributed by atoms with van der Waals surface area (Å²) in [5.74, 6) is -0.113. The summed E-state index contributed by atoms with van der Waals surface area (Å²) in [5.41, 5.74) is 0.793. The van der Waals surface area contributed by atoms with Crippen molar-refractivity contribution in [3.05, 3.63) is 58.1 Å². The minimum atomic E-state index is -3.91. The minimum absolute atomic E-state index is 0.00876. The Morgan fingerprint density at radius 1 is 1.09 bits per heavy atom. The largest absolute Gasteiger partial charge is 0.497 e. The number of hydrogen-bond acceptors (Lipinski definition) is 5. The molecule has 2 amide bonds. The zero-order chi connectivity index (χ0) is 26.3. The van der Waals surface area contributed by atoms with Gasteiger partial charge in [0.15, 0.2) is 0 Å². The molecule has 192 valence electrons. The minimum Gasteiger partial charge on any atom is -0.497 e. The molecule has 35 heavy (non-hydrogen) atoms. The zero-order valence-corrected chi connectivity index (χ0v) is 22.7. The van der Waals surface area contributed by atoms with Crippen molar-refractivity contribution in [1.82, 2.24) is 10.2 Å². The first-order chi connectivity index (χ1) is 16.3. The number of anilines is 1. The summed E-state index contributed by atoms with van der Waals surface area (Å²) in [6, 6.07) is 10.7. The summed E-state index contributed by atoms with van der Waals surface area (Å²) in [6.45, 7) is 5.46. The quantitative estimate of drug-likeness (QED) is 0.462. The van der Waals surface area contributed by atoms with E-state index in [1.807, 2.05) is 13.8 Å². The maximum Gasteiger partial charge on any atom is 0.244 e. The number of nitrogens with one attached hydrogen (secondary N) is 1. The van der Waals surface area contributed by atoms with Gasteiger partial charge in [-0.1, -0.05) is 55.2 Å². The molecule has 0 spiro atoms. The highest BCUT2D eigenvalue weighted by Gasteiger charge is 2.31. The summed E-state index contributed by atoms with van der Waals surface area (Å²) < 4.78 is 31.4. The number of sulfonamides is 1. The van der Waals surface area contributed by atoms with Crippen molar-refractivity contribution >= 4 is 50.7 Å². The van der Waals surface area contributed by atoms with Gasteiger partial charge in [-0.25, -0.2) is 8.42 Å². The van der Waals surface area contributed by atoms with E-state index < -0.39 is 28.5 Å². The number of nitrogens with zero attached hydrogens (tertiary/aromatic N) is 2. The Morgan fingerprint density at radius 3 is 2.34 bits per heavy atom. The normalized spacial score (nSPS) is 12.2. The lowest BCUT2D eigenvalue weighted by Crippen LogP contribution is -2.51. The van der Waals surface area contributed by atoms with E-state index in [-0.39, 0.29) is 34.1 Å². The molecule has 0 aromatic heterocycles. The number of carbonyl (C=O) groups excluding carboxylic acids is 2. The van der Waals surface area contributed by atoms with Crippen LogP contribution in [0.4, 0.5) is 5.69 Å². The number of ether oxygens (including phenoxy) is 1. The van der Waals surface area contributed by atoms with E-state index in [2.05, 4.69) is 5.32 Å². The van der Waals surface area contributed by atoms with Crippen LogP contribution in [0.25, 0.3) is 0 Å². The van der Waals surface area contributed by atoms with Gasteiger partial charge in [0.2, 0.25) is 21.8 Å². The second kappa shape index (κ2) is 12.5. The van der Waals surface area contributed by atoms with Gasteiger partial charge < -0.3 is 15.0 Å². The lowest BCUT2D eigenvalue weighted by atomic mass is 10.1. The molecular formula is C24H31Cl2N3O5S. The molecule has 0 radical (unpaired) electrons. The second-order valence-corrected chi connectivity index (χ2v) is 11.2. The molecular weight excluding hydrogens is 513 g/mol. The molecule has 1 N–H and O–H groups in total. The SMILES string of the molecule is COc1cccc(CN(C(=O)CN(c2cccc(Cl)c2Cl)S(C)(=O)=O)[C@@H](C)C(=O)NCC(C)C)c1. The van der Waals surface area contributed by atoms with Crippen molar-refractivity contribution in [2.75, 3.05) is 30.8 Å². The highest BCUT2D eigenvalue weighted by atomic mass is 35.5. The van der Waals surface area contributed by atoms with E-state index in [4.69, 9.17) is 27.9 Å². The van der Waals surface area contributed by atoms with Gasteiger partial charge >= 0.3 is 0 Å². The molecule has 2 rings (SSSR count). The van der Waals surface area contributed by atoms with Crippen LogP contribution in [0.1, 0.15) is 26.3 Å². The number of benzene rings is 2. The van der Waals surface area contributed by atoms with Gasteiger partial charge in [0.1, 0.15) is 18.3 Å². The predicted molar refractivity (Wildman–Crippen MR) is 140 cm³/mol. The van der Waals surface area contributed by atoms with E-state index in [9.17, 15) is 18.0 Å². The van der Waals surface area contributed by atoms with Gasteiger partial charge in [-0.2, -0.15) is 0 Å². The van der Waals surface area contributed by atoms with E-state index in [0.29, 0.717) is 17.9 Å². The fraction of sp³-hybridized carbons (Fsp3) is 0.417. The molecule has 0 fully saturated rings. The van der Waals surface area contributed by atoms with Crippen molar-refractivity contribution in [3.63, 3.8) is 0 Å². The van der Waals surface area contributed by atoms with Crippen molar-refractivity contribution in [3.8, 4) is 5.75 Å². The number of carbonyl (C=O) groups is 2. The smallest absolute Gasteiger partial charge is 0.244 e. The van der Waals surface area contributed by atoms with Gasteiger partial charge in [-0.15, -0.1) is 0 Å². The number of amides is 2. The number of halogens is 2. The number of rotatable bonds is 11. The Labute approximate surface area is 217 Å². The van der Waals surface area contributed by atoms with Crippen molar-refractivity contribution in [2.24, 2.45) is 5.92 Å². The van der Waals surface area contributed by atoms with Crippen LogP contribution in [-0.4, -0.2) is 57.6 Å². The van der Waals surface area contributed by atoms with Crippen LogP contribution in [-0.2, 0) is 26.2 Å². The summed E-state index contributed by atoms with van der Waals surface area (Å²) in [7, 11) is -2.38. The molecule has 2 aromatic rings. The van der Waals surface area contributed by atoms with Gasteiger partial charge in [-0.05, 0) is 42.7 Å². The van der Waals surface area contributed by atoms with Crippen molar-refractivity contribution < 1.29 is 22.7 Å². The lowest BCUT2D eigenvalue weighted by molar-refractivity contribution is -0.139. The standard InChI is InChI=1S/C24H31Cl2N3O5S/c1-16(2)13-27-24(31)17(3)28(14-18-8-6-9-19(12-18)34-4)22(30)15-29(35(5,32)33)21-11-7-10-20(25)23(21)26/h6-12,16-17H,13-15H2,1-5H3,(H,27,31)/t17-/m0/s1. The number of hydrogen-bond donors (Lipinski definition) is 1. The van der Waals surface area contributed by atoms with Crippen LogP contribution in [0, 0.1) is 5.92 Å². The van der Waals surface area contributed by atoms with Crippen LogP contribution < -0.4 is 14.4 Å². The van der Waals surface area contributed by atoms with E-state index in [1.54, 1.807) is 37.3 Å². The maximum absolute atomic E-state index is 13.5. The van der Waals surface area contributed by atoms with Crippen LogP contribution in [0.5, 0.6) is 5.75 Å². The van der Waals surface area contributed by atoms with Crippen LogP contribution in [0.2, 0.25) is 10.0 Å². The Bertz CT molecular complexity index is 1160. The molecule has 0 aliphatic heterocycles. The monoisotopic (exact) mass is 543 g/mol. The molecule has 0 saturated heterocycles. The predicted octanol–water partition coefficient (Wildman–Crippen LogP) is 3.96. The van der Waals surface area contributed by atoms with Crippen molar-refractivity contribution in [2.45, 2.75) is 33.4 Å². The lowest BCUT2D eigenvalue weighted by Gasteiger charge is -2.32. The third kappa shape index (κ3) is 8.02. The zero-order valence-electron chi connectivity index (χ0n) is 20.4. The first-order valence-electron chi connectivity index (χ1n) is 11.0. The molecule has 0 aliphatic carbocycles. The van der Waals surface area contributed by atoms with Crippen molar-refractivity contribution in [1.29, 1.82) is 0 Å². The van der Waals surface area contributed by atoms with Gasteiger partial charge in [0.05, 0.1) is 29.1 Å². The molecule has 0 saturated carbocycles. The second-order valence-electron chi connectivity index (χ2n) is 8.53. The summed E-state index contributed by atoms with van der Waals surface area (Å²) in [6.07, 6.45) is 0.975. The molecule has 11 heteroatoms. The summed E-state index contributed by atoms with van der Waals surface area (Å²) in [4.78, 5) is 27.7. The summed E-state index contributed by atoms with van der Waals surface area (Å²) >= 11 is 12.3. The Morgan fingerprint density at radius 2 is 1.74 bits per heavy atom. The molecule has 0 unspecified atom stereocenters. The third-order valence-electron chi connectivity index (χ3n) is 5.22.